The van der Waals surface area contributed by atoms with Crippen LogP contribution in [0.2, 0.25) is 0 Å². The van der Waals surface area contributed by atoms with Crippen LogP contribution in [0.3, 0.4) is 0 Å². The highest BCUT2D eigenvalue weighted by Crippen LogP contribution is 2.38. The number of hydrogen-bond donors (Lipinski definition) is 1. The Balaban J connectivity index is 3.38. The van der Waals surface area contributed by atoms with Gasteiger partial charge in [-0.25, -0.2) is 8.78 Å². The standard InChI is InChI=1S/C12H16F2O2/c1-8(7-15)11-9(12(2,13)14)5-4-6-10(11)16-3/h4-6,8,15H,7H2,1-3H3. The van der Waals surface area contributed by atoms with Crippen LogP contribution < -0.4 is 4.74 Å². The minimum absolute atomic E-state index is 0.0894. The Morgan fingerprint density at radius 1 is 1.44 bits per heavy atom. The number of aliphatic hydroxyl groups excluding tert-OH is 1. The lowest BCUT2D eigenvalue weighted by atomic mass is 9.92. The van der Waals surface area contributed by atoms with Crippen LogP contribution in [0.1, 0.15) is 30.9 Å². The van der Waals surface area contributed by atoms with E-state index >= 15 is 0 Å². The molecule has 1 rings (SSSR count). The third-order valence-electron chi connectivity index (χ3n) is 2.53. The van der Waals surface area contributed by atoms with Crippen LogP contribution in [-0.4, -0.2) is 18.8 Å². The van der Waals surface area contributed by atoms with Crippen molar-refractivity contribution in [2.24, 2.45) is 0 Å². The first-order chi connectivity index (χ1) is 7.41. The van der Waals surface area contributed by atoms with Crippen molar-refractivity contribution in [1.29, 1.82) is 0 Å². The molecule has 0 amide bonds. The second-order valence-corrected chi connectivity index (χ2v) is 3.89. The van der Waals surface area contributed by atoms with Gasteiger partial charge in [-0.3, -0.25) is 0 Å². The molecule has 16 heavy (non-hydrogen) atoms. The van der Waals surface area contributed by atoms with Gasteiger partial charge in [0, 0.05) is 30.6 Å². The van der Waals surface area contributed by atoms with Crippen LogP contribution in [0.5, 0.6) is 5.75 Å². The quantitative estimate of drug-likeness (QED) is 0.861. The molecule has 1 N–H and O–H groups in total. The van der Waals surface area contributed by atoms with E-state index in [0.29, 0.717) is 11.3 Å². The average Bonchev–Trinajstić information content (AvgIpc) is 2.25. The highest BCUT2D eigenvalue weighted by molar-refractivity contribution is 5.44. The van der Waals surface area contributed by atoms with Crippen LogP contribution in [0, 0.1) is 0 Å². The molecule has 0 saturated carbocycles. The lowest BCUT2D eigenvalue weighted by Crippen LogP contribution is -2.15. The Morgan fingerprint density at radius 3 is 2.50 bits per heavy atom. The number of halogens is 2. The fourth-order valence-electron chi connectivity index (χ4n) is 1.70. The molecule has 0 aliphatic heterocycles. The van der Waals surface area contributed by atoms with E-state index in [1.165, 1.54) is 19.2 Å². The summed E-state index contributed by atoms with van der Waals surface area (Å²) in [6.07, 6.45) is 0. The summed E-state index contributed by atoms with van der Waals surface area (Å²) in [7, 11) is 1.43. The summed E-state index contributed by atoms with van der Waals surface area (Å²) in [6, 6.07) is 4.51. The normalized spacial score (nSPS) is 13.6. The molecular formula is C12H16F2O2. The van der Waals surface area contributed by atoms with Crippen molar-refractivity contribution >= 4 is 0 Å². The number of ether oxygens (including phenoxy) is 1. The fraction of sp³-hybridized carbons (Fsp3) is 0.500. The number of aliphatic hydroxyl groups is 1. The zero-order valence-corrected chi connectivity index (χ0v) is 9.63. The molecule has 1 unspecified atom stereocenters. The van der Waals surface area contributed by atoms with E-state index < -0.39 is 5.92 Å². The maximum atomic E-state index is 13.4. The third kappa shape index (κ3) is 2.50. The zero-order chi connectivity index (χ0) is 12.3. The molecule has 2 nitrogen and oxygen atoms in total. The molecule has 0 radical (unpaired) electrons. The van der Waals surface area contributed by atoms with Gasteiger partial charge in [0.2, 0.25) is 0 Å². The molecule has 1 aromatic rings. The van der Waals surface area contributed by atoms with Crippen LogP contribution in [-0.2, 0) is 5.92 Å². The van der Waals surface area contributed by atoms with E-state index in [0.717, 1.165) is 6.92 Å². The molecule has 0 saturated heterocycles. The van der Waals surface area contributed by atoms with Crippen molar-refractivity contribution in [3.8, 4) is 5.75 Å². The van der Waals surface area contributed by atoms with Crippen LogP contribution >= 0.6 is 0 Å². The van der Waals surface area contributed by atoms with E-state index in [4.69, 9.17) is 9.84 Å². The van der Waals surface area contributed by atoms with Gasteiger partial charge in [-0.2, -0.15) is 0 Å². The summed E-state index contributed by atoms with van der Waals surface area (Å²) < 4.78 is 31.8. The third-order valence-corrected chi connectivity index (χ3v) is 2.53. The Labute approximate surface area is 93.9 Å². The van der Waals surface area contributed by atoms with Crippen LogP contribution in [0.4, 0.5) is 8.78 Å². The van der Waals surface area contributed by atoms with Crippen LogP contribution in [0.25, 0.3) is 0 Å². The van der Waals surface area contributed by atoms with E-state index in [-0.39, 0.29) is 18.1 Å². The topological polar surface area (TPSA) is 29.5 Å². The highest BCUT2D eigenvalue weighted by atomic mass is 19.3. The summed E-state index contributed by atoms with van der Waals surface area (Å²) in [5.74, 6) is -2.93. The Bertz CT molecular complexity index is 359. The molecule has 1 atom stereocenters. The second kappa shape index (κ2) is 4.78. The van der Waals surface area contributed by atoms with Crippen molar-refractivity contribution in [3.63, 3.8) is 0 Å². The molecule has 0 fully saturated rings. The summed E-state index contributed by atoms with van der Waals surface area (Å²) in [4.78, 5) is 0. The lowest BCUT2D eigenvalue weighted by molar-refractivity contribution is 0.0157. The number of methoxy groups -OCH3 is 1. The largest absolute Gasteiger partial charge is 0.496 e. The molecule has 4 heteroatoms. The fourth-order valence-corrected chi connectivity index (χ4v) is 1.70. The van der Waals surface area contributed by atoms with Gasteiger partial charge in [0.1, 0.15) is 5.75 Å². The molecule has 0 spiro atoms. The summed E-state index contributed by atoms with van der Waals surface area (Å²) >= 11 is 0. The highest BCUT2D eigenvalue weighted by Gasteiger charge is 2.30. The summed E-state index contributed by atoms with van der Waals surface area (Å²) in [5, 5.41) is 9.10. The van der Waals surface area contributed by atoms with Gasteiger partial charge >= 0.3 is 0 Å². The van der Waals surface area contributed by atoms with E-state index in [9.17, 15) is 8.78 Å². The minimum Gasteiger partial charge on any atom is -0.496 e. The van der Waals surface area contributed by atoms with Gasteiger partial charge in [0.25, 0.3) is 5.92 Å². The van der Waals surface area contributed by atoms with Crippen molar-refractivity contribution in [2.75, 3.05) is 13.7 Å². The second-order valence-electron chi connectivity index (χ2n) is 3.89. The zero-order valence-electron chi connectivity index (χ0n) is 9.63. The predicted octanol–water partition coefficient (Wildman–Crippen LogP) is 2.90. The molecule has 90 valence electrons. The average molecular weight is 230 g/mol. The van der Waals surface area contributed by atoms with Crippen molar-refractivity contribution in [1.82, 2.24) is 0 Å². The number of alkyl halides is 2. The van der Waals surface area contributed by atoms with E-state index in [2.05, 4.69) is 0 Å². The lowest BCUT2D eigenvalue weighted by Gasteiger charge is -2.21. The van der Waals surface area contributed by atoms with E-state index in [1.807, 2.05) is 0 Å². The summed E-state index contributed by atoms with van der Waals surface area (Å²) in [6.45, 7) is 2.34. The molecular weight excluding hydrogens is 214 g/mol. The Morgan fingerprint density at radius 2 is 2.06 bits per heavy atom. The van der Waals surface area contributed by atoms with Gasteiger partial charge in [-0.1, -0.05) is 19.1 Å². The minimum atomic E-state index is -2.94. The smallest absolute Gasteiger partial charge is 0.270 e. The van der Waals surface area contributed by atoms with Crippen LogP contribution in [0.15, 0.2) is 18.2 Å². The van der Waals surface area contributed by atoms with Gasteiger partial charge in [-0.15, -0.1) is 0 Å². The maximum Gasteiger partial charge on any atom is 0.270 e. The van der Waals surface area contributed by atoms with Gasteiger partial charge < -0.3 is 9.84 Å². The van der Waals surface area contributed by atoms with Crippen molar-refractivity contribution in [3.05, 3.63) is 29.3 Å². The number of benzene rings is 1. The molecule has 0 aromatic heterocycles. The maximum absolute atomic E-state index is 13.4. The van der Waals surface area contributed by atoms with Crippen molar-refractivity contribution in [2.45, 2.75) is 25.7 Å². The first-order valence-corrected chi connectivity index (χ1v) is 5.07. The number of rotatable bonds is 4. The van der Waals surface area contributed by atoms with Gasteiger partial charge in [0.15, 0.2) is 0 Å². The first-order valence-electron chi connectivity index (χ1n) is 5.07. The van der Waals surface area contributed by atoms with Gasteiger partial charge in [-0.05, 0) is 6.07 Å². The Kier molecular flexibility index (Phi) is 3.86. The molecule has 1 aromatic carbocycles. The SMILES string of the molecule is COc1cccc(C(C)(F)F)c1C(C)CO. The molecule has 0 bridgehead atoms. The molecule has 0 heterocycles. The monoisotopic (exact) mass is 230 g/mol. The number of hydrogen-bond acceptors (Lipinski definition) is 2. The molecule has 0 aliphatic rings. The Hall–Kier alpha value is -1.16. The van der Waals surface area contributed by atoms with Gasteiger partial charge in [0.05, 0.1) is 7.11 Å². The van der Waals surface area contributed by atoms with E-state index in [1.54, 1.807) is 13.0 Å². The predicted molar refractivity (Wildman–Crippen MR) is 58.1 cm³/mol. The summed E-state index contributed by atoms with van der Waals surface area (Å²) in [5.41, 5.74) is 0.286. The first kappa shape index (κ1) is 12.9. The molecule has 0 aliphatic carbocycles. The van der Waals surface area contributed by atoms with Crippen molar-refractivity contribution < 1.29 is 18.6 Å².